The Morgan fingerprint density at radius 2 is 1.80 bits per heavy atom. The Morgan fingerprint density at radius 3 is 2.45 bits per heavy atom. The summed E-state index contributed by atoms with van der Waals surface area (Å²) >= 11 is 0. The number of aromatic nitrogens is 3. The highest BCUT2D eigenvalue weighted by Crippen LogP contribution is 2.23. The molecule has 3 heterocycles. The molecule has 5 aromatic rings. The lowest BCUT2D eigenvalue weighted by atomic mass is 10.0. The van der Waals surface area contributed by atoms with Gasteiger partial charge in [0.25, 0.3) is 21.5 Å². The summed E-state index contributed by atoms with van der Waals surface area (Å²) in [7, 11) is -2.90. The van der Waals surface area contributed by atoms with Gasteiger partial charge in [-0.2, -0.15) is 8.42 Å². The minimum Gasteiger partial charge on any atom is -0.480 e. The maximum absolute atomic E-state index is 14.8. The molecule has 1 amide bonds. The number of pyridine rings is 1. The maximum atomic E-state index is 14.8. The van der Waals surface area contributed by atoms with E-state index < -0.39 is 67.2 Å². The van der Waals surface area contributed by atoms with Crippen LogP contribution in [-0.2, 0) is 28.3 Å². The zero-order valence-corrected chi connectivity index (χ0v) is 23.3. The van der Waals surface area contributed by atoms with Gasteiger partial charge in [-0.25, -0.2) is 22.9 Å². The molecule has 0 bridgehead atoms. The van der Waals surface area contributed by atoms with E-state index in [1.807, 2.05) is 4.72 Å². The number of furan rings is 1. The molecule has 0 aliphatic carbocycles. The lowest BCUT2D eigenvalue weighted by molar-refractivity contribution is -0.139. The Hall–Kier alpha value is -5.64. The van der Waals surface area contributed by atoms with Crippen molar-refractivity contribution >= 4 is 38.5 Å². The van der Waals surface area contributed by atoms with E-state index >= 15 is 0 Å². The van der Waals surface area contributed by atoms with E-state index in [1.165, 1.54) is 60.4 Å². The van der Waals surface area contributed by atoms with Gasteiger partial charge in [0.1, 0.15) is 17.7 Å². The van der Waals surface area contributed by atoms with Gasteiger partial charge in [-0.15, -0.1) is 0 Å². The quantitative estimate of drug-likeness (QED) is 0.221. The molecule has 226 valence electrons. The number of nitrogens with zero attached hydrogens (tertiary/aromatic N) is 3. The third-order valence-electron chi connectivity index (χ3n) is 6.62. The number of benzene rings is 2. The molecule has 2 aromatic carbocycles. The molecular formula is C28H21F2N5O8S. The van der Waals surface area contributed by atoms with Crippen LogP contribution in [-0.4, -0.2) is 45.6 Å². The summed E-state index contributed by atoms with van der Waals surface area (Å²) < 4.78 is 62.8. The SMILES string of the molecule is Cn1c(=O)n(-c2ccc(C[C@H](NC(=O)c3cc(F)c(NS(=O)(=O)c4ccco4)cc3F)C(=O)O)cc2)c(=O)c2ccncc21. The number of carbonyl (C=O) groups excluding carboxylic acids is 1. The van der Waals surface area contributed by atoms with Crippen LogP contribution in [0, 0.1) is 11.6 Å². The molecule has 0 unspecified atom stereocenters. The average molecular weight is 626 g/mol. The molecule has 0 radical (unpaired) electrons. The fourth-order valence-electron chi connectivity index (χ4n) is 4.39. The minimum atomic E-state index is -4.39. The molecule has 13 nitrogen and oxygen atoms in total. The second-order valence-electron chi connectivity index (χ2n) is 9.46. The highest BCUT2D eigenvalue weighted by atomic mass is 32.2. The predicted molar refractivity (Wildman–Crippen MR) is 151 cm³/mol. The standard InChI is InChI=1S/C28H21F2N5O8S/c1-34-23-14-31-9-8-17(23)26(37)35(28(34)40)16-6-4-15(5-7-16)11-22(27(38)39)32-25(36)18-12-20(30)21(13-19(18)29)33-44(41,42)24-3-2-10-43-24/h2-10,12-14,22,33H,11H2,1H3,(H,32,36)(H,38,39)/t22-/m0/s1. The highest BCUT2D eigenvalue weighted by molar-refractivity contribution is 7.92. The Morgan fingerprint density at radius 1 is 1.07 bits per heavy atom. The smallest absolute Gasteiger partial charge is 0.335 e. The van der Waals surface area contributed by atoms with Gasteiger partial charge in [0, 0.05) is 25.7 Å². The van der Waals surface area contributed by atoms with Gasteiger partial charge in [0.2, 0.25) is 5.09 Å². The van der Waals surface area contributed by atoms with Crippen LogP contribution < -0.4 is 21.3 Å². The second kappa shape index (κ2) is 11.6. The zero-order chi connectivity index (χ0) is 31.8. The summed E-state index contributed by atoms with van der Waals surface area (Å²) in [4.78, 5) is 54.5. The van der Waals surface area contributed by atoms with Crippen molar-refractivity contribution in [2.45, 2.75) is 17.6 Å². The van der Waals surface area contributed by atoms with Crippen LogP contribution in [0.4, 0.5) is 14.5 Å². The van der Waals surface area contributed by atoms with Crippen molar-refractivity contribution < 1.29 is 36.3 Å². The molecule has 1 atom stereocenters. The van der Waals surface area contributed by atoms with Gasteiger partial charge in [0.05, 0.1) is 40.3 Å². The summed E-state index contributed by atoms with van der Waals surface area (Å²) in [5.41, 5.74) is -1.97. The van der Waals surface area contributed by atoms with E-state index in [9.17, 15) is 41.5 Å². The second-order valence-corrected chi connectivity index (χ2v) is 11.1. The maximum Gasteiger partial charge on any atom is 0.335 e. The summed E-state index contributed by atoms with van der Waals surface area (Å²) in [5, 5.41) is 11.5. The molecular weight excluding hydrogens is 604 g/mol. The van der Waals surface area contributed by atoms with E-state index in [-0.39, 0.29) is 17.5 Å². The molecule has 5 rings (SSSR count). The number of fused-ring (bicyclic) bond motifs is 1. The van der Waals surface area contributed by atoms with Gasteiger partial charge >= 0.3 is 11.7 Å². The zero-order valence-electron chi connectivity index (χ0n) is 22.5. The van der Waals surface area contributed by atoms with E-state index in [2.05, 4.69) is 10.3 Å². The molecule has 0 aliphatic rings. The third kappa shape index (κ3) is 5.69. The number of carboxylic acid groups (broad SMARTS) is 1. The number of carbonyl (C=O) groups is 2. The van der Waals surface area contributed by atoms with Crippen LogP contribution >= 0.6 is 0 Å². The van der Waals surface area contributed by atoms with E-state index in [0.717, 1.165) is 16.9 Å². The first-order valence-corrected chi connectivity index (χ1v) is 14.1. The van der Waals surface area contributed by atoms with Gasteiger partial charge < -0.3 is 14.8 Å². The van der Waals surface area contributed by atoms with Crippen LogP contribution in [0.15, 0.2) is 92.4 Å². The van der Waals surface area contributed by atoms with E-state index in [0.29, 0.717) is 23.2 Å². The molecule has 16 heteroatoms. The Bertz CT molecular complexity index is 2140. The number of aryl methyl sites for hydroxylation is 1. The normalized spacial score (nSPS) is 12.2. The van der Waals surface area contributed by atoms with Crippen molar-refractivity contribution in [3.05, 3.63) is 117 Å². The molecule has 0 saturated carbocycles. The average Bonchev–Trinajstić information content (AvgIpc) is 3.55. The van der Waals surface area contributed by atoms with Gasteiger partial charge in [-0.05, 0) is 42.0 Å². The lowest BCUT2D eigenvalue weighted by Gasteiger charge is -2.16. The van der Waals surface area contributed by atoms with Gasteiger partial charge in [0.15, 0.2) is 0 Å². The number of sulfonamides is 1. The van der Waals surface area contributed by atoms with Crippen LogP contribution in [0.5, 0.6) is 0 Å². The fraction of sp³-hybridized carbons (Fsp3) is 0.107. The van der Waals surface area contributed by atoms with Crippen molar-refractivity contribution in [1.29, 1.82) is 0 Å². The van der Waals surface area contributed by atoms with Crippen molar-refractivity contribution in [2.24, 2.45) is 7.05 Å². The van der Waals surface area contributed by atoms with E-state index in [4.69, 9.17) is 4.42 Å². The number of halogens is 2. The number of amides is 1. The summed E-state index contributed by atoms with van der Waals surface area (Å²) in [6.45, 7) is 0. The monoisotopic (exact) mass is 625 g/mol. The minimum absolute atomic E-state index is 0.203. The van der Waals surface area contributed by atoms with Crippen LogP contribution in [0.25, 0.3) is 16.6 Å². The van der Waals surface area contributed by atoms with Crippen LogP contribution in [0.2, 0.25) is 0 Å². The number of rotatable bonds is 9. The molecule has 0 spiro atoms. The summed E-state index contributed by atoms with van der Waals surface area (Å²) in [6, 6.07) is 8.83. The van der Waals surface area contributed by atoms with Gasteiger partial charge in [-0.3, -0.25) is 23.9 Å². The predicted octanol–water partition coefficient (Wildman–Crippen LogP) is 2.18. The van der Waals surface area contributed by atoms with E-state index in [1.54, 1.807) is 0 Å². The summed E-state index contributed by atoms with van der Waals surface area (Å²) in [6.07, 6.45) is 3.58. The lowest BCUT2D eigenvalue weighted by Crippen LogP contribution is -2.42. The highest BCUT2D eigenvalue weighted by Gasteiger charge is 2.26. The number of carboxylic acids is 1. The first kappa shape index (κ1) is 29.8. The topological polar surface area (TPSA) is 183 Å². The Balaban J connectivity index is 1.35. The molecule has 0 saturated heterocycles. The summed E-state index contributed by atoms with van der Waals surface area (Å²) in [5.74, 6) is -5.39. The third-order valence-corrected chi connectivity index (χ3v) is 7.87. The number of anilines is 1. The molecule has 3 N–H and O–H groups in total. The fourth-order valence-corrected chi connectivity index (χ4v) is 5.37. The number of aliphatic carboxylic acids is 1. The Kier molecular flexibility index (Phi) is 7.84. The molecule has 3 aromatic heterocycles. The molecule has 0 aliphatic heterocycles. The van der Waals surface area contributed by atoms with Gasteiger partial charge in [-0.1, -0.05) is 12.1 Å². The number of hydrogen-bond acceptors (Lipinski definition) is 8. The molecule has 44 heavy (non-hydrogen) atoms. The largest absolute Gasteiger partial charge is 0.480 e. The van der Waals surface area contributed by atoms with Crippen LogP contribution in [0.1, 0.15) is 15.9 Å². The first-order valence-electron chi connectivity index (χ1n) is 12.6. The van der Waals surface area contributed by atoms with Crippen molar-refractivity contribution in [3.63, 3.8) is 0 Å². The van der Waals surface area contributed by atoms with Crippen molar-refractivity contribution in [1.82, 2.24) is 19.4 Å². The number of hydrogen-bond donors (Lipinski definition) is 3. The van der Waals surface area contributed by atoms with Crippen molar-refractivity contribution in [2.75, 3.05) is 4.72 Å². The van der Waals surface area contributed by atoms with Crippen LogP contribution in [0.3, 0.4) is 0 Å². The van der Waals surface area contributed by atoms with Crippen molar-refractivity contribution in [3.8, 4) is 5.69 Å². The first-order chi connectivity index (χ1) is 20.9. The Labute approximate surface area is 246 Å². The number of nitrogens with one attached hydrogen (secondary N) is 2. The molecule has 0 fully saturated rings.